The Kier molecular flexibility index (Phi) is 4.20. The summed E-state index contributed by atoms with van der Waals surface area (Å²) in [6, 6.07) is 10.5. The van der Waals surface area contributed by atoms with Gasteiger partial charge in [-0.25, -0.2) is 8.42 Å². The Balaban J connectivity index is 2.20. The maximum Gasteiger partial charge on any atom is 0.257 e. The van der Waals surface area contributed by atoms with Crippen molar-refractivity contribution in [3.8, 4) is 0 Å². The summed E-state index contributed by atoms with van der Waals surface area (Å²) >= 11 is 5.77. The number of carbonyl (C=O) groups is 1. The van der Waals surface area contributed by atoms with Crippen LogP contribution in [0.5, 0.6) is 0 Å². The van der Waals surface area contributed by atoms with E-state index in [2.05, 4.69) is 5.32 Å². The predicted octanol–water partition coefficient (Wildman–Crippen LogP) is 2.58. The molecule has 0 unspecified atom stereocenters. The van der Waals surface area contributed by atoms with Crippen molar-refractivity contribution in [1.29, 1.82) is 0 Å². The number of hydrogen-bond acceptors (Lipinski definition) is 4. The maximum absolute atomic E-state index is 12.1. The third kappa shape index (κ3) is 3.74. The summed E-state index contributed by atoms with van der Waals surface area (Å²) < 4.78 is 22.7. The molecular weight excluding hydrogens is 312 g/mol. The molecule has 0 aromatic heterocycles. The average molecular weight is 325 g/mol. The fraction of sp³-hybridized carbons (Fsp3) is 0.0714. The number of nitrogen functional groups attached to an aromatic ring is 1. The minimum atomic E-state index is -3.26. The Labute approximate surface area is 127 Å². The standard InChI is InChI=1S/C14H13ClN2O3S/c1-21(19,20)11-5-3-10(4-6-11)17-14(18)12-7-2-9(15)8-13(12)16/h2-8H,16H2,1H3,(H,17,18). The zero-order chi connectivity index (χ0) is 15.6. The number of rotatable bonds is 3. The van der Waals surface area contributed by atoms with Crippen molar-refractivity contribution in [1.82, 2.24) is 0 Å². The van der Waals surface area contributed by atoms with Gasteiger partial charge in [0.1, 0.15) is 0 Å². The van der Waals surface area contributed by atoms with Crippen LogP contribution in [0.25, 0.3) is 0 Å². The summed E-state index contributed by atoms with van der Waals surface area (Å²) in [5, 5.41) is 3.09. The number of anilines is 2. The number of nitrogens with one attached hydrogen (secondary N) is 1. The molecule has 0 spiro atoms. The van der Waals surface area contributed by atoms with Crippen LogP contribution in [0.3, 0.4) is 0 Å². The molecule has 0 aliphatic rings. The first kappa shape index (κ1) is 15.3. The first-order chi connectivity index (χ1) is 9.77. The van der Waals surface area contributed by atoms with E-state index in [0.29, 0.717) is 16.3 Å². The summed E-state index contributed by atoms with van der Waals surface area (Å²) in [4.78, 5) is 12.3. The number of sulfone groups is 1. The normalized spacial score (nSPS) is 11.1. The Morgan fingerprint density at radius 2 is 1.76 bits per heavy atom. The Morgan fingerprint density at radius 1 is 1.14 bits per heavy atom. The van der Waals surface area contributed by atoms with Crippen LogP contribution in [-0.4, -0.2) is 20.6 Å². The summed E-state index contributed by atoms with van der Waals surface area (Å²) in [6.45, 7) is 0. The third-order valence-corrected chi connectivity index (χ3v) is 4.16. The first-order valence-corrected chi connectivity index (χ1v) is 8.21. The van der Waals surface area contributed by atoms with Gasteiger partial charge in [0.25, 0.3) is 5.91 Å². The highest BCUT2D eigenvalue weighted by Crippen LogP contribution is 2.20. The Morgan fingerprint density at radius 3 is 2.29 bits per heavy atom. The molecule has 2 aromatic carbocycles. The molecule has 3 N–H and O–H groups in total. The summed E-state index contributed by atoms with van der Waals surface area (Å²) in [6.07, 6.45) is 1.12. The summed E-state index contributed by atoms with van der Waals surface area (Å²) in [5.41, 5.74) is 6.78. The Bertz CT molecular complexity index is 786. The van der Waals surface area contributed by atoms with Crippen LogP contribution >= 0.6 is 11.6 Å². The second kappa shape index (κ2) is 5.75. The van der Waals surface area contributed by atoms with Crippen molar-refractivity contribution in [2.45, 2.75) is 4.90 Å². The van der Waals surface area contributed by atoms with E-state index >= 15 is 0 Å². The van der Waals surface area contributed by atoms with E-state index in [1.807, 2.05) is 0 Å². The van der Waals surface area contributed by atoms with Crippen molar-refractivity contribution < 1.29 is 13.2 Å². The van der Waals surface area contributed by atoms with E-state index in [0.717, 1.165) is 6.26 Å². The molecule has 0 saturated heterocycles. The van der Waals surface area contributed by atoms with Gasteiger partial charge in [-0.15, -0.1) is 0 Å². The van der Waals surface area contributed by atoms with Crippen molar-refractivity contribution in [2.75, 3.05) is 17.3 Å². The highest BCUT2D eigenvalue weighted by Gasteiger charge is 2.11. The monoisotopic (exact) mass is 324 g/mol. The lowest BCUT2D eigenvalue weighted by Gasteiger charge is -2.08. The van der Waals surface area contributed by atoms with Gasteiger partial charge < -0.3 is 11.1 Å². The number of carbonyl (C=O) groups excluding carboxylic acids is 1. The van der Waals surface area contributed by atoms with Gasteiger partial charge in [0, 0.05) is 22.7 Å². The molecule has 2 rings (SSSR count). The first-order valence-electron chi connectivity index (χ1n) is 5.94. The molecule has 21 heavy (non-hydrogen) atoms. The molecule has 5 nitrogen and oxygen atoms in total. The van der Waals surface area contributed by atoms with E-state index in [9.17, 15) is 13.2 Å². The number of nitrogens with two attached hydrogens (primary N) is 1. The van der Waals surface area contributed by atoms with Crippen molar-refractivity contribution in [3.63, 3.8) is 0 Å². The van der Waals surface area contributed by atoms with Gasteiger partial charge in [0.05, 0.1) is 10.5 Å². The van der Waals surface area contributed by atoms with Crippen LogP contribution in [0.15, 0.2) is 47.4 Å². The lowest BCUT2D eigenvalue weighted by Crippen LogP contribution is -2.14. The molecule has 1 amide bonds. The molecule has 0 aliphatic carbocycles. The minimum absolute atomic E-state index is 0.187. The molecule has 0 aliphatic heterocycles. The fourth-order valence-electron chi connectivity index (χ4n) is 1.72. The van der Waals surface area contributed by atoms with Crippen LogP contribution in [0.2, 0.25) is 5.02 Å². The van der Waals surface area contributed by atoms with Crippen LogP contribution in [0.1, 0.15) is 10.4 Å². The smallest absolute Gasteiger partial charge is 0.257 e. The topological polar surface area (TPSA) is 89.3 Å². The third-order valence-electron chi connectivity index (χ3n) is 2.80. The average Bonchev–Trinajstić information content (AvgIpc) is 2.38. The van der Waals surface area contributed by atoms with Crippen molar-refractivity contribution in [2.24, 2.45) is 0 Å². The lowest BCUT2D eigenvalue weighted by atomic mass is 10.1. The summed E-state index contributed by atoms with van der Waals surface area (Å²) in [5.74, 6) is -0.392. The Hall–Kier alpha value is -2.05. The molecule has 0 atom stereocenters. The molecule has 0 heterocycles. The van der Waals surface area contributed by atoms with Gasteiger partial charge in [0.2, 0.25) is 0 Å². The zero-order valence-corrected chi connectivity index (χ0v) is 12.7. The van der Waals surface area contributed by atoms with Gasteiger partial charge in [-0.3, -0.25) is 4.79 Å². The number of halogens is 1. The quantitative estimate of drug-likeness (QED) is 0.849. The van der Waals surface area contributed by atoms with Gasteiger partial charge >= 0.3 is 0 Å². The number of benzene rings is 2. The molecule has 0 fully saturated rings. The van der Waals surface area contributed by atoms with E-state index in [1.165, 1.54) is 36.4 Å². The second-order valence-electron chi connectivity index (χ2n) is 4.48. The van der Waals surface area contributed by atoms with E-state index in [1.54, 1.807) is 6.07 Å². The van der Waals surface area contributed by atoms with Crippen molar-refractivity contribution in [3.05, 3.63) is 53.1 Å². The van der Waals surface area contributed by atoms with Gasteiger partial charge in [-0.1, -0.05) is 11.6 Å². The zero-order valence-electron chi connectivity index (χ0n) is 11.1. The molecule has 2 aromatic rings. The number of hydrogen-bond donors (Lipinski definition) is 2. The van der Waals surface area contributed by atoms with E-state index in [-0.39, 0.29) is 10.6 Å². The highest BCUT2D eigenvalue weighted by atomic mass is 35.5. The fourth-order valence-corrected chi connectivity index (χ4v) is 2.54. The van der Waals surface area contributed by atoms with E-state index < -0.39 is 15.7 Å². The highest BCUT2D eigenvalue weighted by molar-refractivity contribution is 7.90. The molecule has 0 saturated carbocycles. The lowest BCUT2D eigenvalue weighted by molar-refractivity contribution is 0.102. The van der Waals surface area contributed by atoms with E-state index in [4.69, 9.17) is 17.3 Å². The van der Waals surface area contributed by atoms with Gasteiger partial charge in [-0.2, -0.15) is 0 Å². The largest absolute Gasteiger partial charge is 0.398 e. The molecule has 110 valence electrons. The molecule has 0 bridgehead atoms. The van der Waals surface area contributed by atoms with Crippen LogP contribution < -0.4 is 11.1 Å². The maximum atomic E-state index is 12.1. The SMILES string of the molecule is CS(=O)(=O)c1ccc(NC(=O)c2ccc(Cl)cc2N)cc1. The van der Waals surface area contributed by atoms with Crippen LogP contribution in [-0.2, 0) is 9.84 Å². The van der Waals surface area contributed by atoms with Gasteiger partial charge in [0.15, 0.2) is 9.84 Å². The van der Waals surface area contributed by atoms with Crippen LogP contribution in [0.4, 0.5) is 11.4 Å². The number of amides is 1. The molecule has 0 radical (unpaired) electrons. The molecular formula is C14H13ClN2O3S. The molecule has 7 heteroatoms. The van der Waals surface area contributed by atoms with Crippen LogP contribution in [0, 0.1) is 0 Å². The second-order valence-corrected chi connectivity index (χ2v) is 6.93. The van der Waals surface area contributed by atoms with Crippen molar-refractivity contribution >= 4 is 38.7 Å². The minimum Gasteiger partial charge on any atom is -0.398 e. The summed E-state index contributed by atoms with van der Waals surface area (Å²) in [7, 11) is -3.26. The van der Waals surface area contributed by atoms with Gasteiger partial charge in [-0.05, 0) is 42.5 Å². The predicted molar refractivity (Wildman–Crippen MR) is 83.4 cm³/mol.